The average Bonchev–Trinajstić information content (AvgIpc) is 2.75. The second-order valence-corrected chi connectivity index (χ2v) is 4.32. The van der Waals surface area contributed by atoms with Crippen molar-refractivity contribution in [3.05, 3.63) is 35.9 Å². The van der Waals surface area contributed by atoms with Gasteiger partial charge in [-0.2, -0.15) is 4.98 Å². The van der Waals surface area contributed by atoms with Crippen molar-refractivity contribution in [3.63, 3.8) is 0 Å². The van der Waals surface area contributed by atoms with Crippen molar-refractivity contribution in [1.29, 1.82) is 0 Å². The van der Waals surface area contributed by atoms with Gasteiger partial charge < -0.3 is 9.84 Å². The number of rotatable bonds is 5. The van der Waals surface area contributed by atoms with Gasteiger partial charge in [-0.25, -0.2) is 0 Å². The molecule has 2 aromatic rings. The summed E-state index contributed by atoms with van der Waals surface area (Å²) < 4.78 is 5.10. The first-order valence-corrected chi connectivity index (χ1v) is 5.69. The van der Waals surface area contributed by atoms with Crippen LogP contribution in [0.15, 0.2) is 29.0 Å². The Morgan fingerprint density at radius 2 is 2.06 bits per heavy atom. The molecular weight excluding hydrogens is 216 g/mol. The zero-order valence-electron chi connectivity index (χ0n) is 10.1. The maximum Gasteiger partial charge on any atom is 0.321 e. The first kappa shape index (κ1) is 11.6. The van der Waals surface area contributed by atoms with Crippen LogP contribution in [-0.4, -0.2) is 21.7 Å². The Kier molecular flexibility index (Phi) is 3.69. The van der Waals surface area contributed by atoms with Gasteiger partial charge in [-0.15, -0.1) is 0 Å². The van der Waals surface area contributed by atoms with Crippen LogP contribution in [-0.2, 0) is 6.42 Å². The van der Waals surface area contributed by atoms with Crippen LogP contribution < -0.4 is 5.32 Å². The molecule has 0 aliphatic carbocycles. The number of hydrogen-bond donors (Lipinski definition) is 1. The van der Waals surface area contributed by atoms with Crippen molar-refractivity contribution >= 4 is 6.01 Å². The summed E-state index contributed by atoms with van der Waals surface area (Å²) in [5.41, 5.74) is 1.12. The van der Waals surface area contributed by atoms with Gasteiger partial charge in [0.05, 0.1) is 0 Å². The molecular formula is C12H16N4O. The third-order valence-corrected chi connectivity index (χ3v) is 2.24. The van der Waals surface area contributed by atoms with E-state index in [1.807, 2.05) is 12.1 Å². The molecule has 0 bridgehead atoms. The molecule has 0 atom stereocenters. The molecule has 2 aromatic heterocycles. The van der Waals surface area contributed by atoms with Gasteiger partial charge in [-0.1, -0.05) is 19.0 Å². The second-order valence-electron chi connectivity index (χ2n) is 4.32. The Bertz CT molecular complexity index is 453. The number of nitrogens with one attached hydrogen (secondary N) is 1. The number of nitrogens with zero attached hydrogens (tertiary/aromatic N) is 3. The first-order valence-electron chi connectivity index (χ1n) is 5.69. The molecule has 5 heteroatoms. The second kappa shape index (κ2) is 5.43. The van der Waals surface area contributed by atoms with Crippen molar-refractivity contribution in [2.45, 2.75) is 20.3 Å². The lowest BCUT2D eigenvalue weighted by Gasteiger charge is -2.02. The van der Waals surface area contributed by atoms with Crippen LogP contribution in [0.3, 0.4) is 0 Å². The van der Waals surface area contributed by atoms with E-state index in [4.69, 9.17) is 4.52 Å². The Morgan fingerprint density at radius 1 is 1.29 bits per heavy atom. The summed E-state index contributed by atoms with van der Waals surface area (Å²) in [5.74, 6) is 1.23. The smallest absolute Gasteiger partial charge is 0.321 e. The van der Waals surface area contributed by atoms with E-state index in [-0.39, 0.29) is 0 Å². The van der Waals surface area contributed by atoms with Crippen LogP contribution in [0.5, 0.6) is 0 Å². The third kappa shape index (κ3) is 3.55. The van der Waals surface area contributed by atoms with Gasteiger partial charge in [0.1, 0.15) is 0 Å². The summed E-state index contributed by atoms with van der Waals surface area (Å²) in [7, 11) is 0. The van der Waals surface area contributed by atoms with Crippen LogP contribution in [0.4, 0.5) is 6.01 Å². The fourth-order valence-corrected chi connectivity index (χ4v) is 1.37. The molecule has 90 valence electrons. The summed E-state index contributed by atoms with van der Waals surface area (Å²) >= 11 is 0. The number of pyridine rings is 1. The topological polar surface area (TPSA) is 63.8 Å². The van der Waals surface area contributed by atoms with Crippen molar-refractivity contribution in [2.75, 3.05) is 11.9 Å². The number of aromatic nitrogens is 3. The van der Waals surface area contributed by atoms with Crippen molar-refractivity contribution in [3.8, 4) is 0 Å². The van der Waals surface area contributed by atoms with Gasteiger partial charge in [0.2, 0.25) is 0 Å². The van der Waals surface area contributed by atoms with Gasteiger partial charge in [0, 0.05) is 25.4 Å². The minimum atomic E-state index is 0.489. The van der Waals surface area contributed by atoms with Crippen molar-refractivity contribution in [1.82, 2.24) is 15.1 Å². The van der Waals surface area contributed by atoms with E-state index in [0.29, 0.717) is 24.2 Å². The van der Waals surface area contributed by atoms with Crippen LogP contribution >= 0.6 is 0 Å². The predicted molar refractivity (Wildman–Crippen MR) is 64.7 cm³/mol. The molecule has 0 amide bonds. The third-order valence-electron chi connectivity index (χ3n) is 2.24. The van der Waals surface area contributed by atoms with Gasteiger partial charge in [0.15, 0.2) is 5.82 Å². The summed E-state index contributed by atoms with van der Waals surface area (Å²) in [4.78, 5) is 8.23. The van der Waals surface area contributed by atoms with E-state index >= 15 is 0 Å². The van der Waals surface area contributed by atoms with Gasteiger partial charge in [-0.05, 0) is 23.6 Å². The molecule has 1 N–H and O–H groups in total. The van der Waals surface area contributed by atoms with Crippen LogP contribution in [0, 0.1) is 5.92 Å². The highest BCUT2D eigenvalue weighted by Crippen LogP contribution is 2.09. The monoisotopic (exact) mass is 232 g/mol. The highest BCUT2D eigenvalue weighted by molar-refractivity contribution is 5.21. The Balaban J connectivity index is 1.94. The molecule has 0 spiro atoms. The van der Waals surface area contributed by atoms with E-state index in [9.17, 15) is 0 Å². The number of hydrogen-bond acceptors (Lipinski definition) is 5. The van der Waals surface area contributed by atoms with Crippen LogP contribution in [0.2, 0.25) is 0 Å². The quantitative estimate of drug-likeness (QED) is 0.855. The molecule has 0 saturated carbocycles. The fourth-order valence-electron chi connectivity index (χ4n) is 1.37. The van der Waals surface area contributed by atoms with E-state index < -0.39 is 0 Å². The lowest BCUT2D eigenvalue weighted by Crippen LogP contribution is -2.08. The Labute approximate surface area is 100 Å². The fraction of sp³-hybridized carbons (Fsp3) is 0.417. The van der Waals surface area contributed by atoms with E-state index in [2.05, 4.69) is 34.3 Å². The van der Waals surface area contributed by atoms with E-state index in [1.54, 1.807) is 12.4 Å². The minimum absolute atomic E-state index is 0.489. The largest absolute Gasteiger partial charge is 0.338 e. The van der Waals surface area contributed by atoms with E-state index in [0.717, 1.165) is 12.1 Å². The number of anilines is 1. The van der Waals surface area contributed by atoms with Gasteiger partial charge in [0.25, 0.3) is 0 Å². The Morgan fingerprint density at radius 3 is 2.76 bits per heavy atom. The van der Waals surface area contributed by atoms with Crippen LogP contribution in [0.25, 0.3) is 0 Å². The molecule has 0 fully saturated rings. The summed E-state index contributed by atoms with van der Waals surface area (Å²) in [5, 5.41) is 7.02. The van der Waals surface area contributed by atoms with Gasteiger partial charge in [-0.3, -0.25) is 4.98 Å². The van der Waals surface area contributed by atoms with Gasteiger partial charge >= 0.3 is 6.01 Å². The molecule has 2 heterocycles. The zero-order valence-corrected chi connectivity index (χ0v) is 10.1. The standard InChI is InChI=1S/C12H16N4O/c1-9(2)8-14-12-15-11(16-17-12)7-10-3-5-13-6-4-10/h3-6,9H,7-8H2,1-2H3,(H,14,15,16). The Hall–Kier alpha value is -1.91. The van der Waals surface area contributed by atoms with Crippen molar-refractivity contribution in [2.24, 2.45) is 5.92 Å². The zero-order chi connectivity index (χ0) is 12.1. The SMILES string of the molecule is CC(C)CNc1nc(Cc2ccncc2)no1. The molecule has 0 aromatic carbocycles. The molecule has 0 radical (unpaired) electrons. The summed E-state index contributed by atoms with van der Waals surface area (Å²) in [6.07, 6.45) is 4.18. The molecule has 0 aliphatic rings. The highest BCUT2D eigenvalue weighted by atomic mass is 16.5. The maximum atomic E-state index is 5.10. The minimum Gasteiger partial charge on any atom is -0.338 e. The maximum absolute atomic E-state index is 5.10. The predicted octanol–water partition coefficient (Wildman–Crippen LogP) is 2.12. The lowest BCUT2D eigenvalue weighted by molar-refractivity contribution is 0.421. The molecule has 5 nitrogen and oxygen atoms in total. The van der Waals surface area contributed by atoms with E-state index in [1.165, 1.54) is 0 Å². The molecule has 2 rings (SSSR count). The summed E-state index contributed by atoms with van der Waals surface area (Å²) in [6, 6.07) is 4.37. The van der Waals surface area contributed by atoms with Crippen LogP contribution in [0.1, 0.15) is 25.2 Å². The molecule has 0 unspecified atom stereocenters. The lowest BCUT2D eigenvalue weighted by atomic mass is 10.2. The summed E-state index contributed by atoms with van der Waals surface area (Å²) in [6.45, 7) is 5.08. The van der Waals surface area contributed by atoms with Crippen molar-refractivity contribution < 1.29 is 4.52 Å². The molecule has 17 heavy (non-hydrogen) atoms. The molecule has 0 saturated heterocycles. The first-order chi connectivity index (χ1) is 8.24. The highest BCUT2D eigenvalue weighted by Gasteiger charge is 2.06. The average molecular weight is 232 g/mol. The normalized spacial score (nSPS) is 10.8. The molecule has 0 aliphatic heterocycles.